The van der Waals surface area contributed by atoms with E-state index in [9.17, 15) is 4.79 Å². The molecule has 5 heteroatoms. The van der Waals surface area contributed by atoms with Gasteiger partial charge < -0.3 is 18.9 Å². The zero-order valence-electron chi connectivity index (χ0n) is 17.3. The highest BCUT2D eigenvalue weighted by atomic mass is 16.6. The second-order valence-electron chi connectivity index (χ2n) is 7.44. The van der Waals surface area contributed by atoms with Gasteiger partial charge in [0.25, 0.3) is 0 Å². The number of rotatable bonds is 9. The van der Waals surface area contributed by atoms with Gasteiger partial charge in [-0.1, -0.05) is 91.0 Å². The summed E-state index contributed by atoms with van der Waals surface area (Å²) in [5.41, 5.74) is 3.04. The smallest absolute Gasteiger partial charge is 0.338 e. The van der Waals surface area contributed by atoms with Gasteiger partial charge in [-0.25, -0.2) is 4.79 Å². The molecule has 0 bridgehead atoms. The second kappa shape index (κ2) is 10.9. The van der Waals surface area contributed by atoms with E-state index in [2.05, 4.69) is 0 Å². The molecule has 1 aliphatic heterocycles. The van der Waals surface area contributed by atoms with Gasteiger partial charge in [0.15, 0.2) is 6.10 Å². The summed E-state index contributed by atoms with van der Waals surface area (Å²) >= 11 is 0. The first-order valence-electron chi connectivity index (χ1n) is 10.4. The van der Waals surface area contributed by atoms with Crippen molar-refractivity contribution in [3.63, 3.8) is 0 Å². The quantitative estimate of drug-likeness (QED) is 0.485. The summed E-state index contributed by atoms with van der Waals surface area (Å²) in [6.45, 7) is 1.18. The average molecular weight is 418 g/mol. The standard InChI is InChI=1S/C26H26O5/c27-26-25(30-18-22-14-8-3-9-15-22)24(29-17-21-12-6-2-7-13-21)23(19-31-26)28-16-20-10-4-1-5-11-20/h1-15,23-25H,16-19H2/t23-,24-,25-/m1/s1. The monoisotopic (exact) mass is 418 g/mol. The summed E-state index contributed by atoms with van der Waals surface area (Å²) < 4.78 is 23.7. The van der Waals surface area contributed by atoms with Crippen LogP contribution in [0.3, 0.4) is 0 Å². The lowest BCUT2D eigenvalue weighted by atomic mass is 10.0. The lowest BCUT2D eigenvalue weighted by molar-refractivity contribution is -0.215. The third-order valence-electron chi connectivity index (χ3n) is 5.15. The van der Waals surface area contributed by atoms with Crippen LogP contribution < -0.4 is 0 Å². The predicted octanol–water partition coefficient (Wildman–Crippen LogP) is 4.30. The zero-order chi connectivity index (χ0) is 21.3. The highest BCUT2D eigenvalue weighted by molar-refractivity contribution is 5.76. The van der Waals surface area contributed by atoms with Crippen LogP contribution in [-0.2, 0) is 43.6 Å². The summed E-state index contributed by atoms with van der Waals surface area (Å²) in [4.78, 5) is 12.6. The fraction of sp³-hybridized carbons (Fsp3) is 0.269. The van der Waals surface area contributed by atoms with Gasteiger partial charge in [-0.05, 0) is 16.7 Å². The Bertz CT molecular complexity index is 930. The molecule has 160 valence electrons. The maximum atomic E-state index is 12.6. The Balaban J connectivity index is 1.47. The van der Waals surface area contributed by atoms with E-state index in [4.69, 9.17) is 18.9 Å². The van der Waals surface area contributed by atoms with Gasteiger partial charge in [0.05, 0.1) is 19.8 Å². The van der Waals surface area contributed by atoms with Crippen molar-refractivity contribution in [2.75, 3.05) is 6.61 Å². The summed E-state index contributed by atoms with van der Waals surface area (Å²) in [6, 6.07) is 29.5. The Morgan fingerprint density at radius 1 is 0.645 bits per heavy atom. The lowest BCUT2D eigenvalue weighted by Crippen LogP contribution is -2.54. The molecule has 3 atom stereocenters. The molecule has 4 rings (SSSR count). The molecule has 1 aliphatic rings. The van der Waals surface area contributed by atoms with E-state index in [-0.39, 0.29) is 13.2 Å². The van der Waals surface area contributed by atoms with Gasteiger partial charge in [-0.3, -0.25) is 0 Å². The maximum absolute atomic E-state index is 12.6. The molecule has 3 aromatic rings. The van der Waals surface area contributed by atoms with E-state index in [1.54, 1.807) is 0 Å². The van der Waals surface area contributed by atoms with Crippen molar-refractivity contribution >= 4 is 5.97 Å². The third kappa shape index (κ3) is 6.01. The van der Waals surface area contributed by atoms with Gasteiger partial charge in [-0.2, -0.15) is 0 Å². The van der Waals surface area contributed by atoms with Crippen molar-refractivity contribution in [2.45, 2.75) is 38.1 Å². The Hall–Kier alpha value is -2.99. The lowest BCUT2D eigenvalue weighted by Gasteiger charge is -2.36. The Morgan fingerprint density at radius 3 is 1.61 bits per heavy atom. The van der Waals surface area contributed by atoms with Crippen LogP contribution in [0.2, 0.25) is 0 Å². The SMILES string of the molecule is O=C1OC[C@@H](OCc2ccccc2)[C@@H](OCc2ccccc2)[C@H]1OCc1ccccc1. The van der Waals surface area contributed by atoms with Crippen molar-refractivity contribution in [3.05, 3.63) is 108 Å². The van der Waals surface area contributed by atoms with Crippen LogP contribution in [0.4, 0.5) is 0 Å². The first kappa shape index (κ1) is 21.2. The van der Waals surface area contributed by atoms with Crippen LogP contribution in [0.1, 0.15) is 16.7 Å². The molecule has 1 saturated heterocycles. The molecule has 0 amide bonds. The molecule has 0 aromatic heterocycles. The first-order valence-corrected chi connectivity index (χ1v) is 10.4. The number of benzene rings is 3. The highest BCUT2D eigenvalue weighted by Crippen LogP contribution is 2.23. The molecule has 1 heterocycles. The van der Waals surface area contributed by atoms with Crippen LogP contribution in [0.25, 0.3) is 0 Å². The van der Waals surface area contributed by atoms with E-state index < -0.39 is 24.3 Å². The topological polar surface area (TPSA) is 54.0 Å². The van der Waals surface area contributed by atoms with E-state index in [1.165, 1.54) is 0 Å². The molecule has 0 spiro atoms. The molecular formula is C26H26O5. The fourth-order valence-corrected chi connectivity index (χ4v) is 3.48. The summed E-state index contributed by atoms with van der Waals surface area (Å²) in [5, 5.41) is 0. The minimum atomic E-state index is -0.863. The summed E-state index contributed by atoms with van der Waals surface area (Å²) in [7, 11) is 0. The highest BCUT2D eigenvalue weighted by Gasteiger charge is 2.43. The number of cyclic esters (lactones) is 1. The van der Waals surface area contributed by atoms with Crippen molar-refractivity contribution in [3.8, 4) is 0 Å². The largest absolute Gasteiger partial charge is 0.461 e. The van der Waals surface area contributed by atoms with Gasteiger partial charge in [0.2, 0.25) is 0 Å². The fourth-order valence-electron chi connectivity index (χ4n) is 3.48. The molecule has 0 saturated carbocycles. The minimum absolute atomic E-state index is 0.135. The number of hydrogen-bond donors (Lipinski definition) is 0. The number of esters is 1. The molecule has 0 radical (unpaired) electrons. The number of carbonyl (C=O) groups excluding carboxylic acids is 1. The van der Waals surface area contributed by atoms with Crippen LogP contribution in [-0.4, -0.2) is 30.9 Å². The number of ether oxygens (including phenoxy) is 4. The van der Waals surface area contributed by atoms with E-state index in [1.807, 2.05) is 91.0 Å². The molecule has 0 N–H and O–H groups in total. The second-order valence-corrected chi connectivity index (χ2v) is 7.44. The van der Waals surface area contributed by atoms with E-state index in [0.717, 1.165) is 16.7 Å². The summed E-state index contributed by atoms with van der Waals surface area (Å²) in [6.07, 6.45) is -1.87. The molecule has 0 unspecified atom stereocenters. The maximum Gasteiger partial charge on any atom is 0.338 e. The molecular weight excluding hydrogens is 392 g/mol. The Kier molecular flexibility index (Phi) is 7.45. The van der Waals surface area contributed by atoms with Crippen molar-refractivity contribution in [2.24, 2.45) is 0 Å². The minimum Gasteiger partial charge on any atom is -0.461 e. The zero-order valence-corrected chi connectivity index (χ0v) is 17.3. The van der Waals surface area contributed by atoms with Crippen molar-refractivity contribution < 1.29 is 23.7 Å². The van der Waals surface area contributed by atoms with E-state index in [0.29, 0.717) is 13.2 Å². The number of carbonyl (C=O) groups is 1. The van der Waals surface area contributed by atoms with Crippen molar-refractivity contribution in [1.82, 2.24) is 0 Å². The average Bonchev–Trinajstić information content (AvgIpc) is 2.83. The van der Waals surface area contributed by atoms with E-state index >= 15 is 0 Å². The Labute approximate surface area is 182 Å². The van der Waals surface area contributed by atoms with Crippen LogP contribution in [0.15, 0.2) is 91.0 Å². The third-order valence-corrected chi connectivity index (χ3v) is 5.15. The molecule has 3 aromatic carbocycles. The normalized spacial score (nSPS) is 20.9. The molecule has 1 fully saturated rings. The Morgan fingerprint density at radius 2 is 1.10 bits per heavy atom. The van der Waals surface area contributed by atoms with Gasteiger partial charge in [0, 0.05) is 0 Å². The first-order chi connectivity index (χ1) is 15.3. The van der Waals surface area contributed by atoms with Crippen molar-refractivity contribution in [1.29, 1.82) is 0 Å². The molecule has 0 aliphatic carbocycles. The molecule has 31 heavy (non-hydrogen) atoms. The number of hydrogen-bond acceptors (Lipinski definition) is 5. The van der Waals surface area contributed by atoms with Gasteiger partial charge in [0.1, 0.15) is 18.8 Å². The predicted molar refractivity (Wildman–Crippen MR) is 116 cm³/mol. The summed E-state index contributed by atoms with van der Waals surface area (Å²) in [5.74, 6) is -0.423. The van der Waals surface area contributed by atoms with Crippen LogP contribution >= 0.6 is 0 Å². The van der Waals surface area contributed by atoms with Gasteiger partial charge in [-0.15, -0.1) is 0 Å². The van der Waals surface area contributed by atoms with Crippen LogP contribution in [0.5, 0.6) is 0 Å². The molecule has 5 nitrogen and oxygen atoms in total. The van der Waals surface area contributed by atoms with Gasteiger partial charge >= 0.3 is 5.97 Å². The van der Waals surface area contributed by atoms with Crippen LogP contribution in [0, 0.1) is 0 Å².